The number of aryl methyl sites for hydroxylation is 1. The van der Waals surface area contributed by atoms with Gasteiger partial charge in [-0.25, -0.2) is 8.78 Å². The SMILES string of the molecule is Cc1cc(F)ccc1COc1ccc(F)cc1[C@H](C)N. The summed E-state index contributed by atoms with van der Waals surface area (Å²) in [5, 5.41) is 0. The normalized spacial score (nSPS) is 12.2. The van der Waals surface area contributed by atoms with Crippen LogP contribution < -0.4 is 10.5 Å². The number of hydrogen-bond acceptors (Lipinski definition) is 2. The van der Waals surface area contributed by atoms with Crippen LogP contribution in [0.15, 0.2) is 36.4 Å². The molecule has 0 spiro atoms. The third-order valence-corrected chi connectivity index (χ3v) is 3.15. The number of rotatable bonds is 4. The van der Waals surface area contributed by atoms with E-state index in [9.17, 15) is 8.78 Å². The van der Waals surface area contributed by atoms with Gasteiger partial charge in [0.25, 0.3) is 0 Å². The van der Waals surface area contributed by atoms with Crippen LogP contribution in [0.4, 0.5) is 8.78 Å². The van der Waals surface area contributed by atoms with E-state index in [0.29, 0.717) is 11.3 Å². The molecule has 0 aliphatic carbocycles. The van der Waals surface area contributed by atoms with Gasteiger partial charge in [0.1, 0.15) is 24.0 Å². The summed E-state index contributed by atoms with van der Waals surface area (Å²) in [5.74, 6) is -0.0722. The maximum atomic E-state index is 13.2. The lowest BCUT2D eigenvalue weighted by atomic mass is 10.1. The predicted molar refractivity (Wildman–Crippen MR) is 74.5 cm³/mol. The summed E-state index contributed by atoms with van der Waals surface area (Å²) < 4.78 is 31.9. The molecule has 0 aliphatic heterocycles. The molecule has 4 heteroatoms. The van der Waals surface area contributed by atoms with Gasteiger partial charge in [-0.15, -0.1) is 0 Å². The summed E-state index contributed by atoms with van der Waals surface area (Å²) in [4.78, 5) is 0. The molecule has 0 bridgehead atoms. The molecule has 0 saturated heterocycles. The van der Waals surface area contributed by atoms with Gasteiger partial charge in [0.2, 0.25) is 0 Å². The van der Waals surface area contributed by atoms with Crippen molar-refractivity contribution in [2.24, 2.45) is 5.73 Å². The number of nitrogens with two attached hydrogens (primary N) is 1. The molecule has 2 aromatic rings. The molecule has 0 aromatic heterocycles. The summed E-state index contributed by atoms with van der Waals surface area (Å²) in [6.45, 7) is 3.88. The Labute approximate surface area is 117 Å². The molecule has 0 unspecified atom stereocenters. The van der Waals surface area contributed by atoms with Crippen LogP contribution >= 0.6 is 0 Å². The Morgan fingerprint density at radius 2 is 1.75 bits per heavy atom. The Morgan fingerprint density at radius 3 is 2.40 bits per heavy atom. The first kappa shape index (κ1) is 14.5. The van der Waals surface area contributed by atoms with Crippen LogP contribution in [0.2, 0.25) is 0 Å². The first-order chi connectivity index (χ1) is 9.47. The number of hydrogen-bond donors (Lipinski definition) is 1. The fraction of sp³-hybridized carbons (Fsp3) is 0.250. The second-order valence-corrected chi connectivity index (χ2v) is 4.83. The first-order valence-electron chi connectivity index (χ1n) is 6.40. The molecule has 0 saturated carbocycles. The van der Waals surface area contributed by atoms with Gasteiger partial charge in [-0.05, 0) is 55.3 Å². The Kier molecular flexibility index (Phi) is 4.35. The maximum absolute atomic E-state index is 13.2. The zero-order valence-electron chi connectivity index (χ0n) is 11.5. The van der Waals surface area contributed by atoms with Crippen molar-refractivity contribution >= 4 is 0 Å². The van der Waals surface area contributed by atoms with E-state index in [0.717, 1.165) is 11.1 Å². The summed E-state index contributed by atoms with van der Waals surface area (Å²) >= 11 is 0. The first-order valence-corrected chi connectivity index (χ1v) is 6.40. The molecule has 0 heterocycles. The molecule has 0 fully saturated rings. The highest BCUT2D eigenvalue weighted by Crippen LogP contribution is 2.26. The van der Waals surface area contributed by atoms with Gasteiger partial charge in [-0.1, -0.05) is 6.07 Å². The van der Waals surface area contributed by atoms with Crippen molar-refractivity contribution < 1.29 is 13.5 Å². The quantitative estimate of drug-likeness (QED) is 0.920. The van der Waals surface area contributed by atoms with E-state index in [4.69, 9.17) is 10.5 Å². The molecule has 0 amide bonds. The third kappa shape index (κ3) is 3.33. The average molecular weight is 277 g/mol. The highest BCUT2D eigenvalue weighted by Gasteiger charge is 2.10. The van der Waals surface area contributed by atoms with E-state index in [1.54, 1.807) is 19.1 Å². The molecule has 1 atom stereocenters. The molecule has 2 aromatic carbocycles. The van der Waals surface area contributed by atoms with Crippen LogP contribution in [0.25, 0.3) is 0 Å². The highest BCUT2D eigenvalue weighted by atomic mass is 19.1. The van der Waals surface area contributed by atoms with Crippen LogP contribution in [-0.4, -0.2) is 0 Å². The van der Waals surface area contributed by atoms with Crippen LogP contribution in [0.5, 0.6) is 5.75 Å². The summed E-state index contributed by atoms with van der Waals surface area (Å²) in [7, 11) is 0. The van der Waals surface area contributed by atoms with Crippen molar-refractivity contribution in [1.29, 1.82) is 0 Å². The third-order valence-electron chi connectivity index (χ3n) is 3.15. The molecule has 2 N–H and O–H groups in total. The van der Waals surface area contributed by atoms with Crippen LogP contribution in [-0.2, 0) is 6.61 Å². The molecule has 0 radical (unpaired) electrons. The second-order valence-electron chi connectivity index (χ2n) is 4.83. The summed E-state index contributed by atoms with van der Waals surface area (Å²) in [5.41, 5.74) is 8.12. The maximum Gasteiger partial charge on any atom is 0.124 e. The van der Waals surface area contributed by atoms with E-state index in [2.05, 4.69) is 0 Å². The van der Waals surface area contributed by atoms with Gasteiger partial charge in [-0.2, -0.15) is 0 Å². The van der Waals surface area contributed by atoms with Crippen LogP contribution in [0.3, 0.4) is 0 Å². The van der Waals surface area contributed by atoms with Gasteiger partial charge in [-0.3, -0.25) is 0 Å². The lowest BCUT2D eigenvalue weighted by Crippen LogP contribution is -2.09. The Bertz CT molecular complexity index is 611. The fourth-order valence-corrected chi connectivity index (χ4v) is 1.98. The molecular formula is C16H17F2NO. The van der Waals surface area contributed by atoms with E-state index < -0.39 is 0 Å². The van der Waals surface area contributed by atoms with Gasteiger partial charge in [0, 0.05) is 11.6 Å². The smallest absolute Gasteiger partial charge is 0.124 e. The highest BCUT2D eigenvalue weighted by molar-refractivity contribution is 5.36. The van der Waals surface area contributed by atoms with Crippen LogP contribution in [0, 0.1) is 18.6 Å². The molecule has 2 nitrogen and oxygen atoms in total. The van der Waals surface area contributed by atoms with E-state index in [-0.39, 0.29) is 24.3 Å². The van der Waals surface area contributed by atoms with Crippen molar-refractivity contribution in [2.75, 3.05) is 0 Å². The van der Waals surface area contributed by atoms with E-state index in [1.165, 1.54) is 24.3 Å². The Balaban J connectivity index is 2.18. The van der Waals surface area contributed by atoms with Gasteiger partial charge < -0.3 is 10.5 Å². The summed E-state index contributed by atoms with van der Waals surface area (Å²) in [6, 6.07) is 8.47. The van der Waals surface area contributed by atoms with Crippen LogP contribution in [0.1, 0.15) is 29.7 Å². The monoisotopic (exact) mass is 277 g/mol. The standard InChI is InChI=1S/C16H17F2NO/c1-10-7-13(17)4-3-12(10)9-20-16-6-5-14(18)8-15(16)11(2)19/h3-8,11H,9,19H2,1-2H3/t11-/m0/s1. The fourth-order valence-electron chi connectivity index (χ4n) is 1.98. The van der Waals surface area contributed by atoms with Gasteiger partial charge in [0.15, 0.2) is 0 Å². The van der Waals surface area contributed by atoms with Crippen molar-refractivity contribution in [2.45, 2.75) is 26.5 Å². The molecule has 20 heavy (non-hydrogen) atoms. The minimum Gasteiger partial charge on any atom is -0.489 e. The average Bonchev–Trinajstić information content (AvgIpc) is 2.38. The van der Waals surface area contributed by atoms with E-state index in [1.807, 2.05) is 6.92 Å². The number of ether oxygens (including phenoxy) is 1. The second kappa shape index (κ2) is 6.01. The van der Waals surface area contributed by atoms with Gasteiger partial charge >= 0.3 is 0 Å². The molecule has 0 aliphatic rings. The Morgan fingerprint density at radius 1 is 1.10 bits per heavy atom. The molecular weight excluding hydrogens is 260 g/mol. The Hall–Kier alpha value is -1.94. The zero-order valence-corrected chi connectivity index (χ0v) is 11.5. The lowest BCUT2D eigenvalue weighted by Gasteiger charge is -2.15. The van der Waals surface area contributed by atoms with Crippen molar-refractivity contribution in [3.8, 4) is 5.75 Å². The topological polar surface area (TPSA) is 35.2 Å². The van der Waals surface area contributed by atoms with Crippen molar-refractivity contribution in [3.05, 3.63) is 64.7 Å². The largest absolute Gasteiger partial charge is 0.489 e. The minimum absolute atomic E-state index is 0.274. The summed E-state index contributed by atoms with van der Waals surface area (Å²) in [6.07, 6.45) is 0. The molecule has 2 rings (SSSR count). The van der Waals surface area contributed by atoms with Gasteiger partial charge in [0.05, 0.1) is 0 Å². The lowest BCUT2D eigenvalue weighted by molar-refractivity contribution is 0.300. The van der Waals surface area contributed by atoms with E-state index >= 15 is 0 Å². The van der Waals surface area contributed by atoms with Crippen molar-refractivity contribution in [1.82, 2.24) is 0 Å². The zero-order chi connectivity index (χ0) is 14.7. The van der Waals surface area contributed by atoms with Crippen molar-refractivity contribution in [3.63, 3.8) is 0 Å². The number of benzene rings is 2. The predicted octanol–water partition coefficient (Wildman–Crippen LogP) is 3.87. The molecule has 106 valence electrons. The minimum atomic E-state index is -0.345. The number of halogens is 2.